The summed E-state index contributed by atoms with van der Waals surface area (Å²) >= 11 is 3.02. The van der Waals surface area contributed by atoms with Crippen LogP contribution in [0.4, 0.5) is 0 Å². The van der Waals surface area contributed by atoms with Crippen LogP contribution in [0.15, 0.2) is 21.9 Å². The van der Waals surface area contributed by atoms with Crippen LogP contribution in [0, 0.1) is 6.92 Å². The lowest BCUT2D eigenvalue weighted by atomic mass is 10.3. The molecule has 5 nitrogen and oxygen atoms in total. The minimum Gasteiger partial charge on any atom is -0.312 e. The van der Waals surface area contributed by atoms with Crippen LogP contribution in [0.5, 0.6) is 0 Å². The Labute approximate surface area is 133 Å². The van der Waals surface area contributed by atoms with Gasteiger partial charge in [-0.25, -0.2) is 18.1 Å². The van der Waals surface area contributed by atoms with Crippen molar-refractivity contribution in [2.45, 2.75) is 31.7 Å². The first kappa shape index (κ1) is 16.6. The standard InChI is InChI=1S/C13H19N3O2S3/c1-3-14-8-11-13(10(2)9-20-11)21(17,18)16-5-4-12-15-6-7-19-12/h6-7,9,14,16H,3-5,8H2,1-2H3. The fraction of sp³-hybridized carbons (Fsp3) is 0.462. The molecule has 0 unspecified atom stereocenters. The normalized spacial score (nSPS) is 11.9. The van der Waals surface area contributed by atoms with Crippen molar-refractivity contribution in [3.63, 3.8) is 0 Å². The van der Waals surface area contributed by atoms with E-state index in [1.54, 1.807) is 6.20 Å². The maximum Gasteiger partial charge on any atom is 0.241 e. The van der Waals surface area contributed by atoms with Gasteiger partial charge in [-0.15, -0.1) is 22.7 Å². The summed E-state index contributed by atoms with van der Waals surface area (Å²) in [4.78, 5) is 5.43. The van der Waals surface area contributed by atoms with Crippen LogP contribution in [-0.4, -0.2) is 26.5 Å². The van der Waals surface area contributed by atoms with Crippen LogP contribution < -0.4 is 10.0 Å². The maximum atomic E-state index is 12.5. The first-order valence-electron chi connectivity index (χ1n) is 6.70. The van der Waals surface area contributed by atoms with Gasteiger partial charge in [0.15, 0.2) is 0 Å². The molecule has 0 bridgehead atoms. The lowest BCUT2D eigenvalue weighted by Gasteiger charge is -2.09. The second kappa shape index (κ2) is 7.46. The summed E-state index contributed by atoms with van der Waals surface area (Å²) in [5, 5.41) is 7.90. The first-order chi connectivity index (χ1) is 10.0. The zero-order valence-electron chi connectivity index (χ0n) is 12.0. The molecule has 0 fully saturated rings. The van der Waals surface area contributed by atoms with Gasteiger partial charge in [-0.3, -0.25) is 0 Å². The Kier molecular flexibility index (Phi) is 5.88. The number of nitrogens with one attached hydrogen (secondary N) is 2. The molecule has 0 aliphatic carbocycles. The summed E-state index contributed by atoms with van der Waals surface area (Å²) in [6.45, 7) is 5.60. The van der Waals surface area contributed by atoms with Crippen molar-refractivity contribution < 1.29 is 8.42 Å². The number of hydrogen-bond donors (Lipinski definition) is 2. The molecule has 0 aromatic carbocycles. The number of aromatic nitrogens is 1. The summed E-state index contributed by atoms with van der Waals surface area (Å²) in [6.07, 6.45) is 2.34. The highest BCUT2D eigenvalue weighted by Gasteiger charge is 2.22. The molecule has 0 atom stereocenters. The summed E-state index contributed by atoms with van der Waals surface area (Å²) in [7, 11) is -3.46. The van der Waals surface area contributed by atoms with Crippen LogP contribution in [0.2, 0.25) is 0 Å². The van der Waals surface area contributed by atoms with Crippen LogP contribution in [0.3, 0.4) is 0 Å². The van der Waals surface area contributed by atoms with Crippen molar-refractivity contribution in [1.82, 2.24) is 15.0 Å². The van der Waals surface area contributed by atoms with Crippen LogP contribution in [0.25, 0.3) is 0 Å². The molecule has 0 aliphatic rings. The maximum absolute atomic E-state index is 12.5. The van der Waals surface area contributed by atoms with Crippen molar-refractivity contribution in [3.8, 4) is 0 Å². The number of thiazole rings is 1. The fourth-order valence-electron chi connectivity index (χ4n) is 1.95. The average Bonchev–Trinajstić information content (AvgIpc) is 3.06. The third-order valence-corrected chi connectivity index (χ3v) is 6.67. The van der Waals surface area contributed by atoms with Crippen molar-refractivity contribution in [2.75, 3.05) is 13.1 Å². The van der Waals surface area contributed by atoms with E-state index in [0.29, 0.717) is 24.4 Å². The van der Waals surface area contributed by atoms with E-state index in [1.165, 1.54) is 22.7 Å². The Morgan fingerprint density at radius 1 is 1.33 bits per heavy atom. The van der Waals surface area contributed by atoms with Gasteiger partial charge in [0.2, 0.25) is 10.0 Å². The number of nitrogens with zero attached hydrogens (tertiary/aromatic N) is 1. The summed E-state index contributed by atoms with van der Waals surface area (Å²) < 4.78 is 27.6. The predicted molar refractivity (Wildman–Crippen MR) is 87.4 cm³/mol. The van der Waals surface area contributed by atoms with Crippen molar-refractivity contribution >= 4 is 32.7 Å². The van der Waals surface area contributed by atoms with Crippen LogP contribution in [-0.2, 0) is 23.0 Å². The van der Waals surface area contributed by atoms with E-state index in [4.69, 9.17) is 0 Å². The predicted octanol–water partition coefficient (Wildman–Crippen LogP) is 2.14. The number of thiophene rings is 1. The second-order valence-corrected chi connectivity index (χ2v) is 8.17. The molecule has 0 saturated heterocycles. The van der Waals surface area contributed by atoms with Crippen LogP contribution >= 0.6 is 22.7 Å². The Morgan fingerprint density at radius 2 is 2.14 bits per heavy atom. The van der Waals surface area contributed by atoms with Gasteiger partial charge in [-0.1, -0.05) is 6.92 Å². The lowest BCUT2D eigenvalue weighted by molar-refractivity contribution is 0.579. The topological polar surface area (TPSA) is 71.1 Å². The zero-order chi connectivity index (χ0) is 15.3. The second-order valence-electron chi connectivity index (χ2n) is 4.52. The van der Waals surface area contributed by atoms with Gasteiger partial charge in [0.05, 0.1) is 5.01 Å². The van der Waals surface area contributed by atoms with Gasteiger partial charge in [0.1, 0.15) is 4.90 Å². The van der Waals surface area contributed by atoms with Gasteiger partial charge < -0.3 is 5.32 Å². The fourth-order valence-corrected chi connectivity index (χ4v) is 5.38. The summed E-state index contributed by atoms with van der Waals surface area (Å²) in [6, 6.07) is 0. The molecule has 21 heavy (non-hydrogen) atoms. The van der Waals surface area contributed by atoms with Crippen molar-refractivity contribution in [1.29, 1.82) is 0 Å². The van der Waals surface area contributed by atoms with Crippen molar-refractivity contribution in [3.05, 3.63) is 32.4 Å². The van der Waals surface area contributed by atoms with E-state index < -0.39 is 10.0 Å². The van der Waals surface area contributed by atoms with E-state index in [2.05, 4.69) is 15.0 Å². The minimum atomic E-state index is -3.46. The molecule has 8 heteroatoms. The Morgan fingerprint density at radius 3 is 2.81 bits per heavy atom. The molecule has 0 amide bonds. The molecule has 0 spiro atoms. The molecule has 2 aromatic heterocycles. The van der Waals surface area contributed by atoms with E-state index in [1.807, 2.05) is 24.6 Å². The van der Waals surface area contributed by atoms with E-state index >= 15 is 0 Å². The number of rotatable bonds is 8. The molecule has 0 aliphatic heterocycles. The summed E-state index contributed by atoms with van der Waals surface area (Å²) in [5.41, 5.74) is 0.801. The molecule has 0 radical (unpaired) electrons. The summed E-state index contributed by atoms with van der Waals surface area (Å²) in [5.74, 6) is 0. The molecule has 0 saturated carbocycles. The van der Waals surface area contributed by atoms with E-state index in [0.717, 1.165) is 22.0 Å². The number of aryl methyl sites for hydroxylation is 1. The van der Waals surface area contributed by atoms with Gasteiger partial charge in [-0.2, -0.15) is 0 Å². The average molecular weight is 346 g/mol. The Hall–Kier alpha value is -0.800. The molecule has 2 N–H and O–H groups in total. The molecule has 2 heterocycles. The van der Waals surface area contributed by atoms with Gasteiger partial charge >= 0.3 is 0 Å². The molecule has 2 aromatic rings. The smallest absolute Gasteiger partial charge is 0.241 e. The minimum absolute atomic E-state index is 0.367. The van der Waals surface area contributed by atoms with Crippen molar-refractivity contribution in [2.24, 2.45) is 0 Å². The van der Waals surface area contributed by atoms with Gasteiger partial charge in [0.25, 0.3) is 0 Å². The highest BCUT2D eigenvalue weighted by atomic mass is 32.2. The Bertz CT molecular complexity index is 663. The van der Waals surface area contributed by atoms with E-state index in [-0.39, 0.29) is 0 Å². The molecule has 116 valence electrons. The highest BCUT2D eigenvalue weighted by Crippen LogP contribution is 2.26. The largest absolute Gasteiger partial charge is 0.312 e. The molecular formula is C13H19N3O2S3. The number of hydrogen-bond acceptors (Lipinski definition) is 6. The lowest BCUT2D eigenvalue weighted by Crippen LogP contribution is -2.27. The molecule has 2 rings (SSSR count). The SMILES string of the molecule is CCNCc1scc(C)c1S(=O)(=O)NCCc1nccs1. The quantitative estimate of drug-likeness (QED) is 0.769. The van der Waals surface area contributed by atoms with E-state index in [9.17, 15) is 8.42 Å². The highest BCUT2D eigenvalue weighted by molar-refractivity contribution is 7.89. The van der Waals surface area contributed by atoms with Gasteiger partial charge in [-0.05, 0) is 24.4 Å². The monoisotopic (exact) mass is 345 g/mol. The third-order valence-electron chi connectivity index (χ3n) is 2.91. The third kappa shape index (κ3) is 4.33. The van der Waals surface area contributed by atoms with Crippen LogP contribution in [0.1, 0.15) is 22.4 Å². The zero-order valence-corrected chi connectivity index (χ0v) is 14.5. The Balaban J connectivity index is 2.06. The number of sulfonamides is 1. The van der Waals surface area contributed by atoms with Gasteiger partial charge in [0, 0.05) is 36.0 Å². The first-order valence-corrected chi connectivity index (χ1v) is 9.94. The molecular weight excluding hydrogens is 326 g/mol.